The van der Waals surface area contributed by atoms with Crippen molar-refractivity contribution in [2.24, 2.45) is 0 Å². The Balaban J connectivity index is 1.64. The van der Waals surface area contributed by atoms with Crippen LogP contribution in [-0.4, -0.2) is 20.7 Å². The third-order valence-corrected chi connectivity index (χ3v) is 5.23. The topological polar surface area (TPSA) is 62.7 Å². The van der Waals surface area contributed by atoms with Gasteiger partial charge >= 0.3 is 0 Å². The third-order valence-electron chi connectivity index (χ3n) is 3.69. The number of hydrogen-bond acceptors (Lipinski definition) is 4. The predicted octanol–water partition coefficient (Wildman–Crippen LogP) is 4.34. The smallest absolute Gasteiger partial charge is 0.222 e. The maximum absolute atomic E-state index is 12.1. The molecule has 1 amide bonds. The summed E-state index contributed by atoms with van der Waals surface area (Å²) < 4.78 is 3.08. The van der Waals surface area contributed by atoms with Gasteiger partial charge < -0.3 is 5.32 Å². The monoisotopic (exact) mass is 392 g/mol. The second-order valence-corrected chi connectivity index (χ2v) is 7.79. The molecule has 8 heteroatoms. The number of H-pyrrole nitrogens is 1. The number of amides is 1. The number of aryl methyl sites for hydroxylation is 1. The summed E-state index contributed by atoms with van der Waals surface area (Å²) in [7, 11) is 0. The maximum atomic E-state index is 12.1. The fraction of sp³-hybridized carbons (Fsp3) is 0.235. The van der Waals surface area contributed by atoms with E-state index in [-0.39, 0.29) is 5.91 Å². The van der Waals surface area contributed by atoms with E-state index in [9.17, 15) is 4.79 Å². The van der Waals surface area contributed by atoms with Gasteiger partial charge in [0.1, 0.15) is 0 Å². The molecule has 0 unspecified atom stereocenters. The molecule has 0 fully saturated rings. The van der Waals surface area contributed by atoms with Crippen molar-refractivity contribution in [2.75, 3.05) is 0 Å². The normalized spacial score (nSPS) is 10.8. The zero-order valence-electron chi connectivity index (χ0n) is 13.6. The Kier molecular flexibility index (Phi) is 5.67. The van der Waals surface area contributed by atoms with Gasteiger partial charge in [-0.1, -0.05) is 35.4 Å². The van der Waals surface area contributed by atoms with Crippen LogP contribution in [0.3, 0.4) is 0 Å². The van der Waals surface area contributed by atoms with Gasteiger partial charge in [-0.3, -0.25) is 14.5 Å². The molecule has 2 heterocycles. The lowest BCUT2D eigenvalue weighted by Gasteiger charge is -2.08. The first-order chi connectivity index (χ1) is 12.0. The number of benzene rings is 1. The molecule has 3 rings (SSSR count). The lowest BCUT2D eigenvalue weighted by molar-refractivity contribution is -0.121. The van der Waals surface area contributed by atoms with Crippen molar-refractivity contribution >= 4 is 41.1 Å². The number of carbonyl (C=O) groups excluding carboxylic acids is 1. The molecule has 2 aromatic heterocycles. The Hall–Kier alpha value is -1.96. The van der Waals surface area contributed by atoms with Crippen molar-refractivity contribution in [3.63, 3.8) is 0 Å². The van der Waals surface area contributed by atoms with Crippen molar-refractivity contribution in [1.82, 2.24) is 20.1 Å². The minimum atomic E-state index is -0.0391. The first kappa shape index (κ1) is 17.8. The molecule has 130 valence electrons. The molecular formula is C17H17ClN4OS2. The molecule has 0 aliphatic heterocycles. The van der Waals surface area contributed by atoms with Crippen LogP contribution in [0.15, 0.2) is 36.4 Å². The summed E-state index contributed by atoms with van der Waals surface area (Å²) in [4.78, 5) is 13.1. The van der Waals surface area contributed by atoms with E-state index in [4.69, 9.17) is 23.8 Å². The maximum Gasteiger partial charge on any atom is 0.222 e. The number of aromatic nitrogens is 3. The Labute approximate surface area is 159 Å². The molecule has 0 radical (unpaired) electrons. The molecule has 0 atom stereocenters. The lowest BCUT2D eigenvalue weighted by Crippen LogP contribution is -2.23. The molecular weight excluding hydrogens is 376 g/mol. The van der Waals surface area contributed by atoms with Crippen molar-refractivity contribution < 1.29 is 4.79 Å². The fourth-order valence-electron chi connectivity index (χ4n) is 2.46. The molecule has 2 N–H and O–H groups in total. The van der Waals surface area contributed by atoms with Crippen LogP contribution in [0.25, 0.3) is 11.4 Å². The number of nitrogens with one attached hydrogen (secondary N) is 2. The number of thiophene rings is 1. The van der Waals surface area contributed by atoms with E-state index in [2.05, 4.69) is 15.5 Å². The second-order valence-electron chi connectivity index (χ2n) is 5.61. The van der Waals surface area contributed by atoms with Gasteiger partial charge in [-0.2, -0.15) is 5.10 Å². The van der Waals surface area contributed by atoms with Crippen LogP contribution in [0.2, 0.25) is 4.34 Å². The van der Waals surface area contributed by atoms with Crippen LogP contribution in [0, 0.1) is 11.7 Å². The molecule has 0 spiro atoms. The standard InChI is InChI=1S/C17H17ClN4OS2/c1-11-3-2-4-12(9-11)16-20-21-17(24)22(16)8-7-15(23)19-10-13-5-6-14(18)25-13/h2-6,9H,7-8,10H2,1H3,(H,19,23)(H,21,24). The Morgan fingerprint density at radius 3 is 2.96 bits per heavy atom. The number of halogens is 1. The van der Waals surface area contributed by atoms with E-state index < -0.39 is 0 Å². The van der Waals surface area contributed by atoms with Gasteiger partial charge in [-0.15, -0.1) is 11.3 Å². The van der Waals surface area contributed by atoms with E-state index >= 15 is 0 Å². The van der Waals surface area contributed by atoms with Crippen LogP contribution in [0.5, 0.6) is 0 Å². The fourth-order valence-corrected chi connectivity index (χ4v) is 3.71. The number of hydrogen-bond donors (Lipinski definition) is 2. The van der Waals surface area contributed by atoms with Gasteiger partial charge in [0.15, 0.2) is 10.6 Å². The van der Waals surface area contributed by atoms with E-state index in [0.29, 0.717) is 24.3 Å². The van der Waals surface area contributed by atoms with Gasteiger partial charge in [-0.25, -0.2) is 0 Å². The largest absolute Gasteiger partial charge is 0.351 e. The van der Waals surface area contributed by atoms with Crippen LogP contribution in [0.1, 0.15) is 16.9 Å². The zero-order chi connectivity index (χ0) is 17.8. The first-order valence-electron chi connectivity index (χ1n) is 7.76. The minimum Gasteiger partial charge on any atom is -0.351 e. The molecule has 0 aliphatic carbocycles. The SMILES string of the molecule is Cc1cccc(-c2n[nH]c(=S)n2CCC(=O)NCc2ccc(Cl)s2)c1. The summed E-state index contributed by atoms with van der Waals surface area (Å²) in [6, 6.07) is 11.8. The number of aromatic amines is 1. The summed E-state index contributed by atoms with van der Waals surface area (Å²) in [5.41, 5.74) is 2.12. The van der Waals surface area contributed by atoms with Gasteiger partial charge in [0.25, 0.3) is 0 Å². The van der Waals surface area contributed by atoms with Crippen molar-refractivity contribution in [3.8, 4) is 11.4 Å². The molecule has 1 aromatic carbocycles. The van der Waals surface area contributed by atoms with E-state index in [1.807, 2.05) is 47.9 Å². The lowest BCUT2D eigenvalue weighted by atomic mass is 10.1. The summed E-state index contributed by atoms with van der Waals surface area (Å²) >= 11 is 12.7. The van der Waals surface area contributed by atoms with Gasteiger partial charge in [-0.05, 0) is 37.3 Å². The van der Waals surface area contributed by atoms with Crippen LogP contribution >= 0.6 is 35.2 Å². The van der Waals surface area contributed by atoms with Crippen molar-refractivity contribution in [2.45, 2.75) is 26.4 Å². The number of carbonyl (C=O) groups is 1. The van der Waals surface area contributed by atoms with Crippen LogP contribution in [-0.2, 0) is 17.9 Å². The van der Waals surface area contributed by atoms with E-state index in [0.717, 1.165) is 26.2 Å². The molecule has 0 saturated heterocycles. The molecule has 5 nitrogen and oxygen atoms in total. The summed E-state index contributed by atoms with van der Waals surface area (Å²) in [6.07, 6.45) is 0.325. The highest BCUT2D eigenvalue weighted by Gasteiger charge is 2.11. The average molecular weight is 393 g/mol. The highest BCUT2D eigenvalue weighted by atomic mass is 35.5. The van der Waals surface area contributed by atoms with Gasteiger partial charge in [0, 0.05) is 23.4 Å². The highest BCUT2D eigenvalue weighted by Crippen LogP contribution is 2.21. The summed E-state index contributed by atoms with van der Waals surface area (Å²) in [6.45, 7) is 2.98. The summed E-state index contributed by atoms with van der Waals surface area (Å²) in [5.74, 6) is 0.703. The van der Waals surface area contributed by atoms with Crippen molar-refractivity contribution in [3.05, 3.63) is 55.9 Å². The quantitative estimate of drug-likeness (QED) is 0.613. The molecule has 25 heavy (non-hydrogen) atoms. The highest BCUT2D eigenvalue weighted by molar-refractivity contribution is 7.71. The van der Waals surface area contributed by atoms with Crippen LogP contribution < -0.4 is 5.32 Å². The summed E-state index contributed by atoms with van der Waals surface area (Å²) in [5, 5.41) is 10.0. The zero-order valence-corrected chi connectivity index (χ0v) is 16.0. The van der Waals surface area contributed by atoms with Gasteiger partial charge in [0.2, 0.25) is 5.91 Å². The number of nitrogens with zero attached hydrogens (tertiary/aromatic N) is 2. The molecule has 0 aliphatic rings. The minimum absolute atomic E-state index is 0.0391. The average Bonchev–Trinajstić information content (AvgIpc) is 3.16. The van der Waals surface area contributed by atoms with E-state index in [1.54, 1.807) is 0 Å². The molecule has 0 saturated carbocycles. The first-order valence-corrected chi connectivity index (χ1v) is 9.36. The predicted molar refractivity (Wildman–Crippen MR) is 103 cm³/mol. The number of rotatable bonds is 6. The Morgan fingerprint density at radius 1 is 1.40 bits per heavy atom. The second kappa shape index (κ2) is 7.95. The Morgan fingerprint density at radius 2 is 2.24 bits per heavy atom. The van der Waals surface area contributed by atoms with Crippen LogP contribution in [0.4, 0.5) is 0 Å². The van der Waals surface area contributed by atoms with E-state index in [1.165, 1.54) is 11.3 Å². The Bertz CT molecular complexity index is 944. The van der Waals surface area contributed by atoms with Crippen molar-refractivity contribution in [1.29, 1.82) is 0 Å². The molecule has 3 aromatic rings. The van der Waals surface area contributed by atoms with Gasteiger partial charge in [0.05, 0.1) is 10.9 Å². The molecule has 0 bridgehead atoms. The third kappa shape index (κ3) is 4.56.